The Balaban J connectivity index is 3.16. The van der Waals surface area contributed by atoms with Crippen LogP contribution in [0.5, 0.6) is 0 Å². The normalized spacial score (nSPS) is 11.4. The van der Waals surface area contributed by atoms with Crippen molar-refractivity contribution in [3.8, 4) is 0 Å². The summed E-state index contributed by atoms with van der Waals surface area (Å²) in [7, 11) is -3.89. The first-order valence-electron chi connectivity index (χ1n) is 4.55. The molecule has 0 bridgehead atoms. The highest BCUT2D eigenvalue weighted by molar-refractivity contribution is 7.89. The van der Waals surface area contributed by atoms with Crippen molar-refractivity contribution in [3.63, 3.8) is 0 Å². The van der Waals surface area contributed by atoms with E-state index in [1.807, 2.05) is 4.89 Å². The van der Waals surface area contributed by atoms with Crippen LogP contribution in [0.4, 0.5) is 0 Å². The topological polar surface area (TPSA) is 92.7 Å². The van der Waals surface area contributed by atoms with Crippen molar-refractivity contribution in [1.29, 1.82) is 0 Å². The van der Waals surface area contributed by atoms with Gasteiger partial charge in [-0.2, -0.15) is 0 Å². The molecule has 1 aromatic carbocycles. The van der Waals surface area contributed by atoms with Gasteiger partial charge in [-0.3, -0.25) is 4.84 Å². The second-order valence-corrected chi connectivity index (χ2v) is 5.02. The monoisotopic (exact) mass is 279 g/mol. The summed E-state index contributed by atoms with van der Waals surface area (Å²) in [5, 5.41) is 8.77. The Hall–Kier alpha value is -1.15. The number of halogens is 1. The van der Waals surface area contributed by atoms with E-state index in [1.54, 1.807) is 6.92 Å². The van der Waals surface area contributed by atoms with Crippen molar-refractivity contribution in [2.24, 2.45) is 0 Å². The van der Waals surface area contributed by atoms with E-state index in [1.165, 1.54) is 12.1 Å². The molecule has 2 N–H and O–H groups in total. The summed E-state index contributed by atoms with van der Waals surface area (Å²) in [4.78, 5) is 17.0. The summed E-state index contributed by atoms with van der Waals surface area (Å²) >= 11 is 5.62. The standard InChI is InChI=1S/C9H10ClNO5S/c1-2-16-11-17(14,15)6-3-4-8(10)7(5-6)9(12)13/h3-5,11H,2H2,1H3,(H,12,13). The van der Waals surface area contributed by atoms with Gasteiger partial charge in [-0.05, 0) is 25.1 Å². The zero-order valence-electron chi connectivity index (χ0n) is 8.81. The highest BCUT2D eigenvalue weighted by Gasteiger charge is 2.18. The van der Waals surface area contributed by atoms with E-state index in [2.05, 4.69) is 4.84 Å². The van der Waals surface area contributed by atoms with Crippen LogP contribution in [-0.4, -0.2) is 26.1 Å². The zero-order valence-corrected chi connectivity index (χ0v) is 10.4. The van der Waals surface area contributed by atoms with Crippen molar-refractivity contribution < 1.29 is 23.2 Å². The maximum atomic E-state index is 11.6. The highest BCUT2D eigenvalue weighted by atomic mass is 35.5. The fourth-order valence-corrected chi connectivity index (χ4v) is 2.11. The van der Waals surface area contributed by atoms with Gasteiger partial charge in [0.05, 0.1) is 22.1 Å². The molecule has 0 amide bonds. The van der Waals surface area contributed by atoms with Gasteiger partial charge >= 0.3 is 5.97 Å². The van der Waals surface area contributed by atoms with Gasteiger partial charge in [0.25, 0.3) is 10.0 Å². The minimum absolute atomic E-state index is 0.0344. The Morgan fingerprint density at radius 2 is 2.18 bits per heavy atom. The molecule has 0 aliphatic carbocycles. The smallest absolute Gasteiger partial charge is 0.337 e. The molecule has 0 aliphatic heterocycles. The Morgan fingerprint density at radius 1 is 1.53 bits per heavy atom. The Morgan fingerprint density at radius 3 is 2.71 bits per heavy atom. The van der Waals surface area contributed by atoms with Crippen molar-refractivity contribution >= 4 is 27.6 Å². The second kappa shape index (κ2) is 5.46. The van der Waals surface area contributed by atoms with E-state index in [0.717, 1.165) is 6.07 Å². The van der Waals surface area contributed by atoms with Crippen LogP contribution in [0.2, 0.25) is 5.02 Å². The lowest BCUT2D eigenvalue weighted by Gasteiger charge is -2.07. The van der Waals surface area contributed by atoms with E-state index in [-0.39, 0.29) is 22.1 Å². The maximum Gasteiger partial charge on any atom is 0.337 e. The molecule has 17 heavy (non-hydrogen) atoms. The maximum absolute atomic E-state index is 11.6. The van der Waals surface area contributed by atoms with Crippen LogP contribution in [0.25, 0.3) is 0 Å². The van der Waals surface area contributed by atoms with Gasteiger partial charge in [0.15, 0.2) is 0 Å². The van der Waals surface area contributed by atoms with Gasteiger partial charge in [-0.15, -0.1) is 0 Å². The largest absolute Gasteiger partial charge is 0.478 e. The third kappa shape index (κ3) is 3.40. The Labute approximate surface area is 103 Å². The average Bonchev–Trinajstić information content (AvgIpc) is 2.26. The number of carbonyl (C=O) groups is 1. The van der Waals surface area contributed by atoms with Crippen LogP contribution < -0.4 is 4.89 Å². The van der Waals surface area contributed by atoms with Gasteiger partial charge in [0, 0.05) is 0 Å². The summed E-state index contributed by atoms with van der Waals surface area (Å²) in [6.45, 7) is 1.76. The zero-order chi connectivity index (χ0) is 13.1. The van der Waals surface area contributed by atoms with Crippen molar-refractivity contribution in [2.75, 3.05) is 6.61 Å². The van der Waals surface area contributed by atoms with Gasteiger partial charge in [-0.1, -0.05) is 16.5 Å². The molecule has 0 heterocycles. The fraction of sp³-hybridized carbons (Fsp3) is 0.222. The summed E-state index contributed by atoms with van der Waals surface area (Å²) in [5.41, 5.74) is -0.286. The molecular weight excluding hydrogens is 270 g/mol. The number of hydrogen-bond donors (Lipinski definition) is 2. The van der Waals surface area contributed by atoms with E-state index >= 15 is 0 Å². The predicted octanol–water partition coefficient (Wildman–Crippen LogP) is 1.27. The lowest BCUT2D eigenvalue weighted by molar-refractivity contribution is 0.0696. The van der Waals surface area contributed by atoms with E-state index in [9.17, 15) is 13.2 Å². The molecule has 0 aromatic heterocycles. The lowest BCUT2D eigenvalue weighted by atomic mass is 10.2. The first kappa shape index (κ1) is 13.9. The fourth-order valence-electron chi connectivity index (χ4n) is 1.02. The van der Waals surface area contributed by atoms with Crippen LogP contribution in [0.1, 0.15) is 17.3 Å². The van der Waals surface area contributed by atoms with Gasteiger partial charge in [0.1, 0.15) is 0 Å². The number of carboxylic acids is 1. The van der Waals surface area contributed by atoms with E-state index in [4.69, 9.17) is 16.7 Å². The summed E-state index contributed by atoms with van der Waals surface area (Å²) in [6.07, 6.45) is 0. The minimum Gasteiger partial charge on any atom is -0.478 e. The average molecular weight is 280 g/mol. The van der Waals surface area contributed by atoms with E-state index < -0.39 is 16.0 Å². The quantitative estimate of drug-likeness (QED) is 0.792. The molecule has 0 saturated heterocycles. The predicted molar refractivity (Wildman–Crippen MR) is 60.4 cm³/mol. The molecule has 94 valence electrons. The van der Waals surface area contributed by atoms with Gasteiger partial charge in [0.2, 0.25) is 0 Å². The van der Waals surface area contributed by atoms with Crippen LogP contribution in [0.15, 0.2) is 23.1 Å². The molecule has 0 aliphatic rings. The van der Waals surface area contributed by atoms with Gasteiger partial charge in [-0.25, -0.2) is 13.2 Å². The van der Waals surface area contributed by atoms with E-state index in [0.29, 0.717) is 0 Å². The molecule has 6 nitrogen and oxygen atoms in total. The number of hydrogen-bond acceptors (Lipinski definition) is 4. The summed E-state index contributed by atoms with van der Waals surface area (Å²) in [6, 6.07) is 3.35. The molecule has 0 saturated carbocycles. The first-order valence-corrected chi connectivity index (χ1v) is 6.41. The SMILES string of the molecule is CCONS(=O)(=O)c1ccc(Cl)c(C(=O)O)c1. The second-order valence-electron chi connectivity index (χ2n) is 2.97. The highest BCUT2D eigenvalue weighted by Crippen LogP contribution is 2.20. The summed E-state index contributed by atoms with van der Waals surface area (Å²) in [5.74, 6) is -1.30. The molecule has 1 rings (SSSR count). The third-order valence-corrected chi connectivity index (χ3v) is 3.33. The number of aromatic carboxylic acids is 1. The summed E-state index contributed by atoms with van der Waals surface area (Å²) < 4.78 is 23.2. The third-order valence-electron chi connectivity index (χ3n) is 1.79. The van der Waals surface area contributed by atoms with Crippen LogP contribution in [0.3, 0.4) is 0 Å². The number of nitrogens with one attached hydrogen (secondary N) is 1. The minimum atomic E-state index is -3.89. The lowest BCUT2D eigenvalue weighted by Crippen LogP contribution is -2.24. The molecule has 0 atom stereocenters. The van der Waals surface area contributed by atoms with Gasteiger partial charge < -0.3 is 5.11 Å². The number of rotatable bonds is 5. The number of sulfonamides is 1. The molecular formula is C9H10ClNO5S. The molecule has 0 radical (unpaired) electrons. The molecule has 0 spiro atoms. The Kier molecular flexibility index (Phi) is 4.47. The van der Waals surface area contributed by atoms with Crippen LogP contribution >= 0.6 is 11.6 Å². The Bertz CT molecular complexity index is 528. The van der Waals surface area contributed by atoms with Crippen LogP contribution in [-0.2, 0) is 14.9 Å². The molecule has 8 heteroatoms. The van der Waals surface area contributed by atoms with Crippen molar-refractivity contribution in [2.45, 2.75) is 11.8 Å². The van der Waals surface area contributed by atoms with Crippen molar-refractivity contribution in [1.82, 2.24) is 4.89 Å². The molecule has 0 fully saturated rings. The molecule has 0 unspecified atom stereocenters. The number of carboxylic acid groups (broad SMARTS) is 1. The van der Waals surface area contributed by atoms with Crippen LogP contribution in [0, 0.1) is 0 Å². The molecule has 1 aromatic rings. The number of benzene rings is 1. The first-order chi connectivity index (χ1) is 7.88. The van der Waals surface area contributed by atoms with Crippen molar-refractivity contribution in [3.05, 3.63) is 28.8 Å².